The topological polar surface area (TPSA) is 46.2 Å². The first-order chi connectivity index (χ1) is 9.40. The zero-order chi connectivity index (χ0) is 14.8. The van der Waals surface area contributed by atoms with Gasteiger partial charge in [0.05, 0.1) is 9.16 Å². The molecule has 108 valence electrons. The van der Waals surface area contributed by atoms with Crippen LogP contribution in [0, 0.1) is 6.92 Å². The number of rotatable bonds is 5. The third kappa shape index (κ3) is 3.83. The Hall–Kier alpha value is -0.400. The van der Waals surface area contributed by atoms with E-state index >= 15 is 0 Å². The molecule has 1 heterocycles. The third-order valence-electron chi connectivity index (χ3n) is 2.71. The number of aryl methyl sites for hydroxylation is 1. The first kappa shape index (κ1) is 16.0. The number of hydrogen-bond donors (Lipinski definition) is 1. The number of hydrogen-bond acceptors (Lipinski definition) is 3. The number of halogens is 2. The highest BCUT2D eigenvalue weighted by Gasteiger charge is 2.19. The molecule has 1 atom stereocenters. The second kappa shape index (κ2) is 6.58. The molecule has 0 radical (unpaired) electrons. The van der Waals surface area contributed by atoms with Crippen molar-refractivity contribution < 1.29 is 8.42 Å². The third-order valence-corrected chi connectivity index (χ3v) is 7.15. The summed E-state index contributed by atoms with van der Waals surface area (Å²) in [5.74, 6) is 0. The number of nitrogens with one attached hydrogen (secondary N) is 1. The van der Waals surface area contributed by atoms with Crippen LogP contribution in [0.25, 0.3) is 0 Å². The molecule has 0 aliphatic heterocycles. The predicted octanol–water partition coefficient (Wildman–Crippen LogP) is 4.08. The van der Waals surface area contributed by atoms with Gasteiger partial charge in [-0.15, -0.1) is 22.9 Å². The van der Waals surface area contributed by atoms with Gasteiger partial charge in [0, 0.05) is 6.54 Å². The van der Waals surface area contributed by atoms with Crippen molar-refractivity contribution in [3.63, 3.8) is 0 Å². The molecular weight excluding hydrogens is 382 g/mol. The molecule has 1 N–H and O–H groups in total. The van der Waals surface area contributed by atoms with Crippen LogP contribution in [0.1, 0.15) is 16.5 Å². The van der Waals surface area contributed by atoms with E-state index in [1.54, 1.807) is 6.07 Å². The maximum atomic E-state index is 12.2. The van der Waals surface area contributed by atoms with Crippen LogP contribution in [-0.4, -0.2) is 15.0 Å². The SMILES string of the molecule is Cc1cc(S(=O)(=O)NCC(Cl)c2ccccc2)sc1Br. The van der Waals surface area contributed by atoms with E-state index in [1.165, 1.54) is 11.3 Å². The molecule has 1 aromatic carbocycles. The summed E-state index contributed by atoms with van der Waals surface area (Å²) in [5.41, 5.74) is 1.79. The normalized spacial score (nSPS) is 13.3. The summed E-state index contributed by atoms with van der Waals surface area (Å²) in [4.78, 5) is 0. The van der Waals surface area contributed by atoms with Gasteiger partial charge in [0.1, 0.15) is 4.21 Å². The lowest BCUT2D eigenvalue weighted by molar-refractivity contribution is 0.583. The van der Waals surface area contributed by atoms with Crippen molar-refractivity contribution in [3.05, 3.63) is 51.3 Å². The van der Waals surface area contributed by atoms with E-state index in [2.05, 4.69) is 20.7 Å². The van der Waals surface area contributed by atoms with Crippen LogP contribution in [0.5, 0.6) is 0 Å². The van der Waals surface area contributed by atoms with Crippen LogP contribution in [0.15, 0.2) is 44.4 Å². The molecule has 7 heteroatoms. The van der Waals surface area contributed by atoms with Gasteiger partial charge in [-0.05, 0) is 40.0 Å². The molecule has 20 heavy (non-hydrogen) atoms. The standard InChI is InChI=1S/C13H13BrClNO2S2/c1-9-7-12(19-13(9)14)20(17,18)16-8-11(15)10-5-3-2-4-6-10/h2-7,11,16H,8H2,1H3. The highest BCUT2D eigenvalue weighted by Crippen LogP contribution is 2.30. The van der Waals surface area contributed by atoms with E-state index in [9.17, 15) is 8.42 Å². The largest absolute Gasteiger partial charge is 0.250 e. The minimum atomic E-state index is -3.51. The lowest BCUT2D eigenvalue weighted by atomic mass is 10.1. The molecule has 2 rings (SSSR count). The highest BCUT2D eigenvalue weighted by molar-refractivity contribution is 9.11. The predicted molar refractivity (Wildman–Crippen MR) is 87.0 cm³/mol. The Morgan fingerprint density at radius 3 is 2.55 bits per heavy atom. The summed E-state index contributed by atoms with van der Waals surface area (Å²) in [6.07, 6.45) is 0. The van der Waals surface area contributed by atoms with Gasteiger partial charge in [0.25, 0.3) is 0 Å². The fourth-order valence-corrected chi connectivity index (χ4v) is 5.23. The monoisotopic (exact) mass is 393 g/mol. The van der Waals surface area contributed by atoms with Crippen LogP contribution in [0.4, 0.5) is 0 Å². The van der Waals surface area contributed by atoms with E-state index in [0.29, 0.717) is 4.21 Å². The number of thiophene rings is 1. The lowest BCUT2D eigenvalue weighted by Gasteiger charge is -2.10. The molecule has 1 aromatic heterocycles. The summed E-state index contributed by atoms with van der Waals surface area (Å²) >= 11 is 10.7. The van der Waals surface area contributed by atoms with Gasteiger partial charge < -0.3 is 0 Å². The summed E-state index contributed by atoms with van der Waals surface area (Å²) < 4.78 is 28.0. The number of benzene rings is 1. The zero-order valence-electron chi connectivity index (χ0n) is 10.6. The van der Waals surface area contributed by atoms with Crippen molar-refractivity contribution in [1.29, 1.82) is 0 Å². The molecular formula is C13H13BrClNO2S2. The van der Waals surface area contributed by atoms with Crippen LogP contribution < -0.4 is 4.72 Å². The fourth-order valence-electron chi connectivity index (χ4n) is 1.60. The Labute approximate surface area is 136 Å². The van der Waals surface area contributed by atoms with Gasteiger partial charge in [-0.2, -0.15) is 0 Å². The second-order valence-electron chi connectivity index (χ2n) is 4.25. The highest BCUT2D eigenvalue weighted by atomic mass is 79.9. The molecule has 0 bridgehead atoms. The summed E-state index contributed by atoms with van der Waals surface area (Å²) in [7, 11) is -3.51. The second-order valence-corrected chi connectivity index (χ2v) is 9.14. The minimum absolute atomic E-state index is 0.155. The zero-order valence-corrected chi connectivity index (χ0v) is 14.6. The molecule has 1 unspecified atom stereocenters. The Morgan fingerprint density at radius 2 is 2.00 bits per heavy atom. The average molecular weight is 395 g/mol. The van der Waals surface area contributed by atoms with Crippen molar-refractivity contribution in [1.82, 2.24) is 4.72 Å². The van der Waals surface area contributed by atoms with Gasteiger partial charge in [-0.25, -0.2) is 13.1 Å². The molecule has 0 aliphatic carbocycles. The quantitative estimate of drug-likeness (QED) is 0.777. The molecule has 0 spiro atoms. The molecule has 0 fully saturated rings. The molecule has 3 nitrogen and oxygen atoms in total. The Bertz CT molecular complexity index is 666. The summed E-state index contributed by atoms with van der Waals surface area (Å²) in [6, 6.07) is 11.0. The van der Waals surface area contributed by atoms with E-state index in [-0.39, 0.29) is 6.54 Å². The smallest absolute Gasteiger partial charge is 0.209 e. The Morgan fingerprint density at radius 1 is 1.35 bits per heavy atom. The Balaban J connectivity index is 2.06. The lowest BCUT2D eigenvalue weighted by Crippen LogP contribution is -2.26. The van der Waals surface area contributed by atoms with E-state index in [4.69, 9.17) is 11.6 Å². The van der Waals surface area contributed by atoms with Crippen molar-refractivity contribution in [2.24, 2.45) is 0 Å². The molecule has 0 saturated heterocycles. The number of sulfonamides is 1. The first-order valence-corrected chi connectivity index (χ1v) is 9.37. The van der Waals surface area contributed by atoms with Gasteiger partial charge in [-0.3, -0.25) is 0 Å². The van der Waals surface area contributed by atoms with Crippen molar-refractivity contribution >= 4 is 48.9 Å². The van der Waals surface area contributed by atoms with Crippen molar-refractivity contribution in [3.8, 4) is 0 Å². The van der Waals surface area contributed by atoms with Crippen LogP contribution in [0.3, 0.4) is 0 Å². The number of alkyl halides is 1. The maximum absolute atomic E-state index is 12.2. The van der Waals surface area contributed by atoms with Crippen molar-refractivity contribution in [2.75, 3.05) is 6.54 Å². The van der Waals surface area contributed by atoms with Gasteiger partial charge in [0.2, 0.25) is 10.0 Å². The minimum Gasteiger partial charge on any atom is -0.209 e. The molecule has 0 aliphatic rings. The summed E-state index contributed by atoms with van der Waals surface area (Å²) in [5, 5.41) is -0.393. The molecule has 0 amide bonds. The van der Waals surface area contributed by atoms with Crippen LogP contribution in [0.2, 0.25) is 0 Å². The van der Waals surface area contributed by atoms with Crippen LogP contribution >= 0.6 is 38.9 Å². The molecule has 0 saturated carbocycles. The fraction of sp³-hybridized carbons (Fsp3) is 0.231. The van der Waals surface area contributed by atoms with Gasteiger partial charge in [0.15, 0.2) is 0 Å². The van der Waals surface area contributed by atoms with E-state index < -0.39 is 15.4 Å². The van der Waals surface area contributed by atoms with Gasteiger partial charge >= 0.3 is 0 Å². The first-order valence-electron chi connectivity index (χ1n) is 5.85. The van der Waals surface area contributed by atoms with E-state index in [0.717, 1.165) is 14.9 Å². The van der Waals surface area contributed by atoms with E-state index in [1.807, 2.05) is 37.3 Å². The van der Waals surface area contributed by atoms with Gasteiger partial charge in [-0.1, -0.05) is 30.3 Å². The maximum Gasteiger partial charge on any atom is 0.250 e. The average Bonchev–Trinajstić information content (AvgIpc) is 2.78. The van der Waals surface area contributed by atoms with Crippen molar-refractivity contribution in [2.45, 2.75) is 16.5 Å². The Kier molecular flexibility index (Phi) is 5.25. The van der Waals surface area contributed by atoms with Crippen LogP contribution in [-0.2, 0) is 10.0 Å². The molecule has 2 aromatic rings. The summed E-state index contributed by atoms with van der Waals surface area (Å²) in [6.45, 7) is 2.01.